The van der Waals surface area contributed by atoms with Crippen molar-refractivity contribution in [1.82, 2.24) is 0 Å². The summed E-state index contributed by atoms with van der Waals surface area (Å²) in [7, 11) is 0. The SMILES string of the molecule is CCC(C)(C)C(=O)OC(C)(C)C12CC3CC(CC(C3)C1)C2.CCC(C)(C)C(=O)OC12CC3CC(CC(O)(C3)C1)C2.CCC(C)(C)C(=O)OC1C2CC3C1OC(=O)C3(C#N)C2. The van der Waals surface area contributed by atoms with Crippen molar-refractivity contribution in [2.24, 2.45) is 68.5 Å². The maximum atomic E-state index is 12.6. The highest BCUT2D eigenvalue weighted by atomic mass is 16.6. The second-order valence-electron chi connectivity index (χ2n) is 24.2. The normalized spacial score (nSPS) is 41.4. The van der Waals surface area contributed by atoms with Gasteiger partial charge in [0.25, 0.3) is 0 Å². The molecule has 1 aliphatic heterocycles. The number of aliphatic hydroxyl groups is 1. The van der Waals surface area contributed by atoms with Gasteiger partial charge in [-0.05, 0) is 188 Å². The van der Waals surface area contributed by atoms with E-state index in [0.717, 1.165) is 62.7 Å². The standard InChI is InChI=1S/C19H32O2.C16H26O3.C15H19NO4/c1-6-17(2,3)16(20)21-18(4,5)19-10-13-7-14(11-19)9-15(8-13)12-19;1-4-14(2,3)13(17)19-16-8-11-5-12(9-16)7-15(18,6-11)10-16;1-4-14(2,3)12(17)19-10-8-5-9-11(10)20-13(18)15(9,6-8)7-16/h13-15H,6-12H2,1-5H3;11-12,18H,4-10H2,1-3H3;8-11H,4-6H2,1-3H3. The first kappa shape index (κ1) is 45.4. The van der Waals surface area contributed by atoms with Crippen LogP contribution in [0.3, 0.4) is 0 Å². The van der Waals surface area contributed by atoms with Crippen molar-refractivity contribution >= 4 is 23.9 Å². The Morgan fingerprint density at radius 3 is 1.67 bits per heavy atom. The molecule has 11 fully saturated rings. The van der Waals surface area contributed by atoms with Gasteiger partial charge in [-0.1, -0.05) is 20.8 Å². The van der Waals surface area contributed by atoms with Crippen molar-refractivity contribution in [2.75, 3.05) is 0 Å². The lowest BCUT2D eigenvalue weighted by Gasteiger charge is -2.61. The Labute approximate surface area is 360 Å². The summed E-state index contributed by atoms with van der Waals surface area (Å²) in [5.74, 6) is 3.02. The molecule has 60 heavy (non-hydrogen) atoms. The number of esters is 4. The first-order valence-corrected chi connectivity index (χ1v) is 23.8. The Balaban J connectivity index is 0.000000136. The molecule has 0 radical (unpaired) electrons. The minimum atomic E-state index is -0.974. The van der Waals surface area contributed by atoms with Crippen LogP contribution in [0.25, 0.3) is 0 Å². The molecule has 10 bridgehead atoms. The van der Waals surface area contributed by atoms with Gasteiger partial charge in [-0.25, -0.2) is 0 Å². The van der Waals surface area contributed by atoms with Gasteiger partial charge in [-0.2, -0.15) is 5.26 Å². The predicted octanol–water partition coefficient (Wildman–Crippen LogP) is 9.82. The Morgan fingerprint density at radius 1 is 0.700 bits per heavy atom. The molecule has 10 saturated carbocycles. The molecule has 10 heteroatoms. The van der Waals surface area contributed by atoms with Gasteiger partial charge in [-0.15, -0.1) is 0 Å². The quantitative estimate of drug-likeness (QED) is 0.167. The van der Waals surface area contributed by atoms with E-state index in [9.17, 15) is 29.5 Å². The van der Waals surface area contributed by atoms with E-state index in [1.165, 1.54) is 44.9 Å². The lowest BCUT2D eigenvalue weighted by molar-refractivity contribution is -0.225. The summed E-state index contributed by atoms with van der Waals surface area (Å²) >= 11 is 0. The van der Waals surface area contributed by atoms with E-state index < -0.39 is 33.9 Å². The molecule has 7 unspecified atom stereocenters. The number of hydrogen-bond donors (Lipinski definition) is 1. The predicted molar refractivity (Wildman–Crippen MR) is 225 cm³/mol. The van der Waals surface area contributed by atoms with Crippen molar-refractivity contribution < 1.29 is 43.2 Å². The molecule has 11 rings (SSSR count). The van der Waals surface area contributed by atoms with Crippen molar-refractivity contribution in [3.63, 3.8) is 0 Å². The van der Waals surface area contributed by atoms with Gasteiger partial charge in [0.1, 0.15) is 23.4 Å². The molecule has 11 aliphatic rings. The summed E-state index contributed by atoms with van der Waals surface area (Å²) < 4.78 is 23.1. The minimum absolute atomic E-state index is 0.00857. The zero-order valence-corrected chi connectivity index (χ0v) is 38.9. The highest BCUT2D eigenvalue weighted by molar-refractivity contribution is 5.85. The van der Waals surface area contributed by atoms with Crippen molar-refractivity contribution in [2.45, 2.75) is 214 Å². The van der Waals surface area contributed by atoms with E-state index in [-0.39, 0.29) is 57.9 Å². The topological polar surface area (TPSA) is 149 Å². The fraction of sp³-hybridized carbons (Fsp3) is 0.900. The zero-order valence-electron chi connectivity index (χ0n) is 38.9. The first-order valence-electron chi connectivity index (χ1n) is 23.8. The average molecular weight is 836 g/mol. The van der Waals surface area contributed by atoms with Crippen LogP contribution in [0, 0.1) is 79.8 Å². The number of nitriles is 1. The van der Waals surface area contributed by atoms with E-state index in [1.54, 1.807) is 0 Å². The van der Waals surface area contributed by atoms with Crippen LogP contribution in [0.2, 0.25) is 0 Å². The summed E-state index contributed by atoms with van der Waals surface area (Å²) in [6.07, 6.45) is 16.6. The summed E-state index contributed by atoms with van der Waals surface area (Å²) in [5.41, 5.74) is -3.25. The lowest BCUT2D eigenvalue weighted by Crippen LogP contribution is -2.61. The van der Waals surface area contributed by atoms with Gasteiger partial charge in [0.05, 0.1) is 27.9 Å². The molecular formula is C50H77NO9. The zero-order chi connectivity index (χ0) is 44.1. The summed E-state index contributed by atoms with van der Waals surface area (Å²) in [6, 6.07) is 2.15. The summed E-state index contributed by atoms with van der Waals surface area (Å²) in [4.78, 5) is 49.1. The maximum absolute atomic E-state index is 12.6. The van der Waals surface area contributed by atoms with Gasteiger partial charge in [0.2, 0.25) is 0 Å². The molecule has 0 aromatic heterocycles. The third-order valence-electron chi connectivity index (χ3n) is 18.3. The number of rotatable bonds is 10. The second-order valence-corrected chi connectivity index (χ2v) is 24.2. The number of carbonyl (C=O) groups is 4. The lowest BCUT2D eigenvalue weighted by atomic mass is 9.46. The van der Waals surface area contributed by atoms with Gasteiger partial charge >= 0.3 is 23.9 Å². The summed E-state index contributed by atoms with van der Waals surface area (Å²) in [6.45, 7) is 22.0. The fourth-order valence-corrected chi connectivity index (χ4v) is 13.9. The highest BCUT2D eigenvalue weighted by Crippen LogP contribution is 2.65. The van der Waals surface area contributed by atoms with Crippen LogP contribution in [-0.4, -0.2) is 58.0 Å². The fourth-order valence-electron chi connectivity index (χ4n) is 13.9. The Hall–Kier alpha value is -2.67. The van der Waals surface area contributed by atoms with Crippen LogP contribution < -0.4 is 0 Å². The van der Waals surface area contributed by atoms with E-state index in [0.29, 0.717) is 31.1 Å². The second kappa shape index (κ2) is 15.3. The molecule has 1 N–H and O–H groups in total. The van der Waals surface area contributed by atoms with Crippen LogP contribution in [-0.2, 0) is 38.1 Å². The van der Waals surface area contributed by atoms with E-state index in [1.807, 2.05) is 55.4 Å². The van der Waals surface area contributed by atoms with Gasteiger partial charge in [0, 0.05) is 23.7 Å². The molecule has 0 aromatic carbocycles. The summed E-state index contributed by atoms with van der Waals surface area (Å²) in [5, 5.41) is 20.0. The smallest absolute Gasteiger partial charge is 0.327 e. The van der Waals surface area contributed by atoms with Crippen LogP contribution in [0.15, 0.2) is 0 Å². The number of hydrogen-bond acceptors (Lipinski definition) is 10. The Kier molecular flexibility index (Phi) is 11.5. The molecule has 0 aromatic rings. The van der Waals surface area contributed by atoms with Crippen LogP contribution >= 0.6 is 0 Å². The minimum Gasteiger partial charge on any atom is -0.459 e. The monoisotopic (exact) mass is 836 g/mol. The molecule has 10 nitrogen and oxygen atoms in total. The van der Waals surface area contributed by atoms with Crippen molar-refractivity contribution in [3.8, 4) is 6.07 Å². The first-order chi connectivity index (χ1) is 27.8. The highest BCUT2D eigenvalue weighted by Gasteiger charge is 2.72. The molecule has 10 aliphatic carbocycles. The molecule has 7 atom stereocenters. The van der Waals surface area contributed by atoms with Crippen LogP contribution in [0.1, 0.15) is 185 Å². The van der Waals surface area contributed by atoms with Gasteiger partial charge in [0.15, 0.2) is 5.41 Å². The van der Waals surface area contributed by atoms with E-state index in [2.05, 4.69) is 26.8 Å². The van der Waals surface area contributed by atoms with Crippen molar-refractivity contribution in [1.29, 1.82) is 5.26 Å². The number of nitrogens with zero attached hydrogens (tertiary/aromatic N) is 1. The number of ether oxygens (including phenoxy) is 4. The molecule has 1 heterocycles. The third kappa shape index (κ3) is 7.84. The van der Waals surface area contributed by atoms with Crippen LogP contribution in [0.4, 0.5) is 0 Å². The maximum Gasteiger partial charge on any atom is 0.327 e. The molecular weight excluding hydrogens is 759 g/mol. The van der Waals surface area contributed by atoms with E-state index >= 15 is 0 Å². The van der Waals surface area contributed by atoms with Gasteiger partial charge < -0.3 is 24.1 Å². The number of carbonyl (C=O) groups excluding carboxylic acids is 4. The Bertz CT molecular complexity index is 1700. The largest absolute Gasteiger partial charge is 0.459 e. The third-order valence-corrected chi connectivity index (χ3v) is 18.3. The van der Waals surface area contributed by atoms with Crippen molar-refractivity contribution in [3.05, 3.63) is 0 Å². The Morgan fingerprint density at radius 2 is 1.18 bits per heavy atom. The molecule has 0 amide bonds. The molecule has 0 spiro atoms. The van der Waals surface area contributed by atoms with E-state index in [4.69, 9.17) is 18.9 Å². The number of fused-ring (bicyclic) bond motifs is 1. The average Bonchev–Trinajstić information content (AvgIpc) is 3.75. The molecule has 1 saturated heterocycles. The van der Waals surface area contributed by atoms with Crippen LogP contribution in [0.5, 0.6) is 0 Å². The molecule has 336 valence electrons. The van der Waals surface area contributed by atoms with Gasteiger partial charge in [-0.3, -0.25) is 19.2 Å².